The molecular weight excluding hydrogens is 438 g/mol. The molecule has 0 fully saturated rings. The van der Waals surface area contributed by atoms with Crippen molar-refractivity contribution in [3.05, 3.63) is 89.2 Å². The number of carbonyl (C=O) groups excluding carboxylic acids is 1. The maximum atomic E-state index is 12.3. The molecular formula is C26H26ClN3O3. The maximum absolute atomic E-state index is 12.3. The normalized spacial score (nSPS) is 10.8. The minimum absolute atomic E-state index is 0.0846. The molecule has 4 rings (SSSR count). The molecule has 6 nitrogen and oxygen atoms in total. The number of hydrogen-bond acceptors (Lipinski definition) is 4. The van der Waals surface area contributed by atoms with Crippen LogP contribution in [0.2, 0.25) is 5.02 Å². The van der Waals surface area contributed by atoms with E-state index in [0.29, 0.717) is 30.5 Å². The fourth-order valence-electron chi connectivity index (χ4n) is 3.49. The summed E-state index contributed by atoms with van der Waals surface area (Å²) in [4.78, 5) is 17.0. The third-order valence-corrected chi connectivity index (χ3v) is 5.53. The minimum Gasteiger partial charge on any atom is -0.492 e. The minimum atomic E-state index is -0.226. The Morgan fingerprint density at radius 2 is 1.67 bits per heavy atom. The second kappa shape index (κ2) is 10.9. The molecule has 0 radical (unpaired) electrons. The predicted octanol–water partition coefficient (Wildman–Crippen LogP) is 5.03. The van der Waals surface area contributed by atoms with Crippen LogP contribution in [-0.2, 0) is 24.3 Å². The lowest BCUT2D eigenvalue weighted by atomic mass is 10.2. The summed E-state index contributed by atoms with van der Waals surface area (Å²) in [6.07, 6.45) is 1.00. The molecule has 4 aromatic rings. The molecule has 0 bridgehead atoms. The van der Waals surface area contributed by atoms with E-state index >= 15 is 0 Å². The first-order chi connectivity index (χ1) is 16.1. The Balaban J connectivity index is 1.36. The fraction of sp³-hybridized carbons (Fsp3) is 0.231. The van der Waals surface area contributed by atoms with Gasteiger partial charge in [-0.25, -0.2) is 4.98 Å². The molecule has 0 saturated carbocycles. The lowest BCUT2D eigenvalue weighted by Gasteiger charge is -2.12. The number of amides is 1. The number of nitrogens with one attached hydrogen (secondary N) is 1. The number of halogens is 1. The molecule has 1 amide bonds. The molecule has 3 aromatic carbocycles. The van der Waals surface area contributed by atoms with E-state index in [1.54, 1.807) is 24.3 Å². The number of hydrogen-bond donors (Lipinski definition) is 1. The fourth-order valence-corrected chi connectivity index (χ4v) is 3.62. The average molecular weight is 464 g/mol. The van der Waals surface area contributed by atoms with E-state index in [0.717, 1.165) is 29.0 Å². The van der Waals surface area contributed by atoms with E-state index in [9.17, 15) is 4.79 Å². The Bertz CT molecular complexity index is 1200. The summed E-state index contributed by atoms with van der Waals surface area (Å²) < 4.78 is 13.5. The summed E-state index contributed by atoms with van der Waals surface area (Å²) in [5.74, 6) is 1.97. The molecule has 7 heteroatoms. The number of aromatic nitrogens is 2. The zero-order valence-corrected chi connectivity index (χ0v) is 19.2. The first kappa shape index (κ1) is 22.7. The van der Waals surface area contributed by atoms with Gasteiger partial charge in [-0.3, -0.25) is 4.79 Å². The van der Waals surface area contributed by atoms with Gasteiger partial charge < -0.3 is 19.4 Å². The van der Waals surface area contributed by atoms with Crippen molar-refractivity contribution < 1.29 is 14.3 Å². The van der Waals surface area contributed by atoms with Gasteiger partial charge >= 0.3 is 0 Å². The highest BCUT2D eigenvalue weighted by Gasteiger charge is 2.12. The number of aryl methyl sites for hydroxylation is 1. The van der Waals surface area contributed by atoms with Crippen molar-refractivity contribution in [1.29, 1.82) is 0 Å². The van der Waals surface area contributed by atoms with Crippen molar-refractivity contribution in [2.24, 2.45) is 0 Å². The molecule has 1 heterocycles. The largest absolute Gasteiger partial charge is 0.492 e. The van der Waals surface area contributed by atoms with E-state index in [-0.39, 0.29) is 12.5 Å². The number of rotatable bonds is 10. The number of ether oxygens (including phenoxy) is 2. The molecule has 0 unspecified atom stereocenters. The van der Waals surface area contributed by atoms with Crippen LogP contribution in [0.15, 0.2) is 72.8 Å². The van der Waals surface area contributed by atoms with Gasteiger partial charge in [0.25, 0.3) is 5.91 Å². The molecule has 1 aromatic heterocycles. The average Bonchev–Trinajstić information content (AvgIpc) is 3.20. The van der Waals surface area contributed by atoms with Crippen molar-refractivity contribution in [3.8, 4) is 11.5 Å². The quantitative estimate of drug-likeness (QED) is 0.358. The van der Waals surface area contributed by atoms with Crippen molar-refractivity contribution in [2.75, 3.05) is 13.2 Å². The van der Waals surface area contributed by atoms with Gasteiger partial charge in [-0.2, -0.15) is 0 Å². The van der Waals surface area contributed by atoms with Crippen LogP contribution in [0, 0.1) is 0 Å². The van der Waals surface area contributed by atoms with E-state index in [1.807, 2.05) is 36.4 Å². The van der Waals surface area contributed by atoms with Gasteiger partial charge in [0.15, 0.2) is 6.61 Å². The third-order valence-electron chi connectivity index (χ3n) is 5.28. The first-order valence-electron chi connectivity index (χ1n) is 10.9. The Hall–Kier alpha value is -3.51. The van der Waals surface area contributed by atoms with Crippen LogP contribution in [0.5, 0.6) is 11.5 Å². The molecule has 0 aliphatic carbocycles. The van der Waals surface area contributed by atoms with Crippen LogP contribution in [0.4, 0.5) is 0 Å². The molecule has 0 spiro atoms. The number of fused-ring (bicyclic) bond motifs is 1. The van der Waals surface area contributed by atoms with Crippen molar-refractivity contribution in [3.63, 3.8) is 0 Å². The van der Waals surface area contributed by atoms with E-state index in [4.69, 9.17) is 26.1 Å². The Morgan fingerprint density at radius 1 is 0.970 bits per heavy atom. The highest BCUT2D eigenvalue weighted by atomic mass is 35.5. The van der Waals surface area contributed by atoms with Crippen LogP contribution < -0.4 is 14.8 Å². The summed E-state index contributed by atoms with van der Waals surface area (Å²) in [6, 6.07) is 23.0. The van der Waals surface area contributed by atoms with Gasteiger partial charge in [0.1, 0.15) is 23.9 Å². The summed E-state index contributed by atoms with van der Waals surface area (Å²) in [5.41, 5.74) is 3.16. The Kier molecular flexibility index (Phi) is 7.47. The summed E-state index contributed by atoms with van der Waals surface area (Å²) in [7, 11) is 0. The highest BCUT2D eigenvalue weighted by molar-refractivity contribution is 6.30. The lowest BCUT2D eigenvalue weighted by molar-refractivity contribution is -0.123. The maximum Gasteiger partial charge on any atom is 0.258 e. The van der Waals surface area contributed by atoms with Gasteiger partial charge in [0.2, 0.25) is 0 Å². The number of carbonyl (C=O) groups is 1. The zero-order chi connectivity index (χ0) is 23.0. The van der Waals surface area contributed by atoms with Crippen LogP contribution in [0.3, 0.4) is 0 Å². The van der Waals surface area contributed by atoms with Gasteiger partial charge in [-0.05, 0) is 60.5 Å². The van der Waals surface area contributed by atoms with Gasteiger partial charge in [0, 0.05) is 5.02 Å². The van der Waals surface area contributed by atoms with E-state index < -0.39 is 0 Å². The summed E-state index contributed by atoms with van der Waals surface area (Å²) in [5, 5.41) is 3.51. The van der Waals surface area contributed by atoms with E-state index in [1.165, 1.54) is 5.56 Å². The molecule has 0 saturated heterocycles. The topological polar surface area (TPSA) is 65.4 Å². The second-order valence-electron chi connectivity index (χ2n) is 7.53. The number of nitrogens with zero attached hydrogens (tertiary/aromatic N) is 2. The van der Waals surface area contributed by atoms with Crippen molar-refractivity contribution >= 4 is 28.5 Å². The van der Waals surface area contributed by atoms with Gasteiger partial charge in [-0.1, -0.05) is 42.8 Å². The SMILES string of the molecule is CCc1ccc(OCCn2c(CNC(=O)COc3ccc(Cl)cc3)nc3ccccc32)cc1. The highest BCUT2D eigenvalue weighted by Crippen LogP contribution is 2.18. The number of benzene rings is 3. The molecule has 33 heavy (non-hydrogen) atoms. The van der Waals surface area contributed by atoms with Gasteiger partial charge in [0.05, 0.1) is 24.1 Å². The summed E-state index contributed by atoms with van der Waals surface area (Å²) >= 11 is 5.87. The monoisotopic (exact) mass is 463 g/mol. The van der Waals surface area contributed by atoms with Crippen LogP contribution in [-0.4, -0.2) is 28.7 Å². The molecule has 170 valence electrons. The number of imidazole rings is 1. The Labute approximate surface area is 198 Å². The van der Waals surface area contributed by atoms with Gasteiger partial charge in [-0.15, -0.1) is 0 Å². The third kappa shape index (κ3) is 6.05. The predicted molar refractivity (Wildman–Crippen MR) is 130 cm³/mol. The van der Waals surface area contributed by atoms with Crippen molar-refractivity contribution in [1.82, 2.24) is 14.9 Å². The second-order valence-corrected chi connectivity index (χ2v) is 7.97. The van der Waals surface area contributed by atoms with Crippen LogP contribution in [0.25, 0.3) is 11.0 Å². The van der Waals surface area contributed by atoms with E-state index in [2.05, 4.69) is 28.9 Å². The van der Waals surface area contributed by atoms with Crippen molar-refractivity contribution in [2.45, 2.75) is 26.4 Å². The van der Waals surface area contributed by atoms with Crippen LogP contribution >= 0.6 is 11.6 Å². The standard InChI is InChI=1S/C26H26ClN3O3/c1-2-19-7-11-21(12-8-19)32-16-15-30-24-6-4-3-5-23(24)29-25(30)17-28-26(31)18-33-22-13-9-20(27)10-14-22/h3-14H,2,15-18H2,1H3,(H,28,31). The number of para-hydroxylation sites is 2. The lowest BCUT2D eigenvalue weighted by Crippen LogP contribution is -2.29. The molecule has 0 aliphatic rings. The molecule has 0 atom stereocenters. The smallest absolute Gasteiger partial charge is 0.258 e. The molecule has 0 aliphatic heterocycles. The summed E-state index contributed by atoms with van der Waals surface area (Å²) in [6.45, 7) is 3.44. The first-order valence-corrected chi connectivity index (χ1v) is 11.3. The Morgan fingerprint density at radius 3 is 2.42 bits per heavy atom. The zero-order valence-electron chi connectivity index (χ0n) is 18.5. The molecule has 1 N–H and O–H groups in total. The van der Waals surface area contributed by atoms with Crippen LogP contribution in [0.1, 0.15) is 18.3 Å².